The van der Waals surface area contributed by atoms with Gasteiger partial charge in [-0.2, -0.15) is 4.98 Å². The third-order valence-electron chi connectivity index (χ3n) is 4.62. The molecule has 5 heteroatoms. The summed E-state index contributed by atoms with van der Waals surface area (Å²) in [5.74, 6) is 1.72. The highest BCUT2D eigenvalue weighted by Gasteiger charge is 2.21. The molecule has 0 unspecified atom stereocenters. The van der Waals surface area contributed by atoms with Gasteiger partial charge in [-0.3, -0.25) is 4.98 Å². The van der Waals surface area contributed by atoms with E-state index in [4.69, 9.17) is 4.98 Å². The van der Waals surface area contributed by atoms with Gasteiger partial charge >= 0.3 is 0 Å². The molecule has 0 bridgehead atoms. The van der Waals surface area contributed by atoms with Crippen molar-refractivity contribution in [2.75, 3.05) is 29.9 Å². The first-order valence-electron chi connectivity index (χ1n) is 8.60. The summed E-state index contributed by atoms with van der Waals surface area (Å²) in [5, 5.41) is 0. The van der Waals surface area contributed by atoms with Gasteiger partial charge in [-0.25, -0.2) is 4.98 Å². The SMILES string of the molecule is CN(CCc1ccncc1)c1nccc(N2CCc3ccccc32)n1. The number of likely N-dealkylation sites (N-methyl/N-ethyl adjacent to an activating group) is 1. The van der Waals surface area contributed by atoms with Crippen LogP contribution in [0.25, 0.3) is 0 Å². The molecule has 4 rings (SSSR count). The van der Waals surface area contributed by atoms with Crippen molar-refractivity contribution in [3.63, 3.8) is 0 Å². The van der Waals surface area contributed by atoms with Crippen molar-refractivity contribution in [3.8, 4) is 0 Å². The molecule has 0 saturated carbocycles. The lowest BCUT2D eigenvalue weighted by atomic mass is 10.2. The Morgan fingerprint density at radius 2 is 1.88 bits per heavy atom. The number of hydrogen-bond donors (Lipinski definition) is 0. The van der Waals surface area contributed by atoms with Gasteiger partial charge in [0.2, 0.25) is 5.95 Å². The number of benzene rings is 1. The van der Waals surface area contributed by atoms with E-state index in [1.807, 2.05) is 43.8 Å². The third-order valence-corrected chi connectivity index (χ3v) is 4.62. The molecule has 126 valence electrons. The molecular weight excluding hydrogens is 310 g/mol. The summed E-state index contributed by atoms with van der Waals surface area (Å²) >= 11 is 0. The molecule has 1 aliphatic heterocycles. The van der Waals surface area contributed by atoms with Gasteiger partial charge in [-0.05, 0) is 48.2 Å². The van der Waals surface area contributed by atoms with Gasteiger partial charge in [0.05, 0.1) is 0 Å². The number of rotatable bonds is 5. The molecule has 0 atom stereocenters. The Morgan fingerprint density at radius 3 is 2.76 bits per heavy atom. The highest BCUT2D eigenvalue weighted by molar-refractivity contribution is 5.67. The summed E-state index contributed by atoms with van der Waals surface area (Å²) in [6, 6.07) is 14.6. The van der Waals surface area contributed by atoms with Gasteiger partial charge in [0.15, 0.2) is 0 Å². The van der Waals surface area contributed by atoms with Crippen molar-refractivity contribution in [2.45, 2.75) is 12.8 Å². The number of para-hydroxylation sites is 1. The Balaban J connectivity index is 1.50. The van der Waals surface area contributed by atoms with Crippen LogP contribution in [0.5, 0.6) is 0 Å². The van der Waals surface area contributed by atoms with Gasteiger partial charge in [0.1, 0.15) is 5.82 Å². The lowest BCUT2D eigenvalue weighted by molar-refractivity contribution is 0.832. The molecule has 1 aromatic carbocycles. The predicted molar refractivity (Wildman–Crippen MR) is 100 cm³/mol. The number of aromatic nitrogens is 3. The standard InChI is InChI=1S/C20H21N5/c1-24(14-9-16-6-11-21-12-7-16)20-22-13-8-19(23-20)25-15-10-17-4-2-3-5-18(17)25/h2-8,11-13H,9-10,14-15H2,1H3. The lowest BCUT2D eigenvalue weighted by Crippen LogP contribution is -2.24. The third kappa shape index (κ3) is 3.31. The van der Waals surface area contributed by atoms with Crippen LogP contribution in [0.2, 0.25) is 0 Å². The molecular formula is C20H21N5. The Morgan fingerprint density at radius 1 is 1.04 bits per heavy atom. The van der Waals surface area contributed by atoms with Crippen LogP contribution in [0.4, 0.5) is 17.5 Å². The molecule has 0 saturated heterocycles. The van der Waals surface area contributed by atoms with Crippen LogP contribution in [-0.2, 0) is 12.8 Å². The van der Waals surface area contributed by atoms with Gasteiger partial charge < -0.3 is 9.80 Å². The first-order chi connectivity index (χ1) is 12.3. The highest BCUT2D eigenvalue weighted by Crippen LogP contribution is 2.33. The maximum absolute atomic E-state index is 4.79. The summed E-state index contributed by atoms with van der Waals surface area (Å²) in [7, 11) is 2.04. The van der Waals surface area contributed by atoms with Crippen molar-refractivity contribution in [1.29, 1.82) is 0 Å². The van der Waals surface area contributed by atoms with Crippen LogP contribution >= 0.6 is 0 Å². The van der Waals surface area contributed by atoms with Crippen molar-refractivity contribution >= 4 is 17.5 Å². The van der Waals surface area contributed by atoms with Gasteiger partial charge in [-0.15, -0.1) is 0 Å². The molecule has 3 heterocycles. The first-order valence-corrected chi connectivity index (χ1v) is 8.60. The van der Waals surface area contributed by atoms with Crippen LogP contribution in [0, 0.1) is 0 Å². The van der Waals surface area contributed by atoms with Crippen LogP contribution < -0.4 is 9.80 Å². The molecule has 0 radical (unpaired) electrons. The van der Waals surface area contributed by atoms with Crippen LogP contribution in [-0.4, -0.2) is 35.1 Å². The Bertz CT molecular complexity index is 849. The minimum atomic E-state index is 0.760. The van der Waals surface area contributed by atoms with E-state index in [1.54, 1.807) is 0 Å². The van der Waals surface area contributed by atoms with Gasteiger partial charge in [0.25, 0.3) is 0 Å². The van der Waals surface area contributed by atoms with E-state index in [2.05, 4.69) is 44.0 Å². The normalized spacial score (nSPS) is 12.9. The maximum Gasteiger partial charge on any atom is 0.227 e. The minimum absolute atomic E-state index is 0.760. The Kier molecular flexibility index (Phi) is 4.29. The summed E-state index contributed by atoms with van der Waals surface area (Å²) in [6.07, 6.45) is 7.52. The van der Waals surface area contributed by atoms with Gasteiger partial charge in [0, 0.05) is 44.4 Å². The fourth-order valence-corrected chi connectivity index (χ4v) is 3.20. The van der Waals surface area contributed by atoms with E-state index in [1.165, 1.54) is 16.8 Å². The van der Waals surface area contributed by atoms with E-state index in [0.717, 1.165) is 37.7 Å². The maximum atomic E-state index is 4.79. The predicted octanol–water partition coefficient (Wildman–Crippen LogP) is 3.24. The van der Waals surface area contributed by atoms with Crippen molar-refractivity contribution in [3.05, 3.63) is 72.2 Å². The number of nitrogens with zero attached hydrogens (tertiary/aromatic N) is 5. The summed E-state index contributed by atoms with van der Waals surface area (Å²) in [6.45, 7) is 1.83. The molecule has 0 fully saturated rings. The summed E-state index contributed by atoms with van der Waals surface area (Å²) in [5.41, 5.74) is 3.91. The topological polar surface area (TPSA) is 45.2 Å². The van der Waals surface area contributed by atoms with E-state index < -0.39 is 0 Å². The molecule has 0 amide bonds. The first kappa shape index (κ1) is 15.6. The minimum Gasteiger partial charge on any atom is -0.343 e. The van der Waals surface area contributed by atoms with Gasteiger partial charge in [-0.1, -0.05) is 18.2 Å². The van der Waals surface area contributed by atoms with E-state index in [-0.39, 0.29) is 0 Å². The second kappa shape index (κ2) is 6.89. The molecule has 0 aliphatic carbocycles. The van der Waals surface area contributed by atoms with E-state index in [9.17, 15) is 0 Å². The zero-order valence-electron chi connectivity index (χ0n) is 14.3. The summed E-state index contributed by atoms with van der Waals surface area (Å²) < 4.78 is 0. The molecule has 3 aromatic rings. The molecule has 0 N–H and O–H groups in total. The van der Waals surface area contributed by atoms with Crippen molar-refractivity contribution < 1.29 is 0 Å². The molecule has 25 heavy (non-hydrogen) atoms. The Labute approximate surface area is 148 Å². The number of anilines is 3. The highest BCUT2D eigenvalue weighted by atomic mass is 15.3. The monoisotopic (exact) mass is 331 g/mol. The van der Waals surface area contributed by atoms with Crippen LogP contribution in [0.3, 0.4) is 0 Å². The molecule has 1 aliphatic rings. The average Bonchev–Trinajstić information content (AvgIpc) is 3.11. The van der Waals surface area contributed by atoms with E-state index >= 15 is 0 Å². The second-order valence-corrected chi connectivity index (χ2v) is 6.27. The lowest BCUT2D eigenvalue weighted by Gasteiger charge is -2.21. The number of fused-ring (bicyclic) bond motifs is 1. The van der Waals surface area contributed by atoms with Crippen LogP contribution in [0.1, 0.15) is 11.1 Å². The second-order valence-electron chi connectivity index (χ2n) is 6.27. The zero-order chi connectivity index (χ0) is 17.1. The molecule has 0 spiro atoms. The largest absolute Gasteiger partial charge is 0.343 e. The van der Waals surface area contributed by atoms with Crippen LogP contribution in [0.15, 0.2) is 61.1 Å². The summed E-state index contributed by atoms with van der Waals surface area (Å²) in [4.78, 5) is 17.7. The fourth-order valence-electron chi connectivity index (χ4n) is 3.20. The zero-order valence-corrected chi connectivity index (χ0v) is 14.3. The average molecular weight is 331 g/mol. The smallest absolute Gasteiger partial charge is 0.227 e. The van der Waals surface area contributed by atoms with Crippen molar-refractivity contribution in [2.24, 2.45) is 0 Å². The number of hydrogen-bond acceptors (Lipinski definition) is 5. The Hall–Kier alpha value is -2.95. The van der Waals surface area contributed by atoms with Crippen molar-refractivity contribution in [1.82, 2.24) is 15.0 Å². The quantitative estimate of drug-likeness (QED) is 0.718. The molecule has 2 aromatic heterocycles. The van der Waals surface area contributed by atoms with E-state index in [0.29, 0.717) is 0 Å². The number of pyridine rings is 1. The molecule has 5 nitrogen and oxygen atoms in total. The fraction of sp³-hybridized carbons (Fsp3) is 0.250.